The lowest BCUT2D eigenvalue weighted by atomic mass is 9.61. The summed E-state index contributed by atoms with van der Waals surface area (Å²) in [6.07, 6.45) is 2.18. The first-order valence-electron chi connectivity index (χ1n) is 7.84. The van der Waals surface area contributed by atoms with Gasteiger partial charge in [0.1, 0.15) is 5.60 Å². The van der Waals surface area contributed by atoms with Gasteiger partial charge in [0.05, 0.1) is 19.1 Å². The topological polar surface area (TPSA) is 72.8 Å². The fourth-order valence-corrected chi connectivity index (χ4v) is 4.29. The first-order chi connectivity index (χ1) is 11.1. The zero-order valence-electron chi connectivity index (χ0n) is 12.8. The van der Waals surface area contributed by atoms with Gasteiger partial charge in [0.2, 0.25) is 5.78 Å². The molecule has 0 saturated carbocycles. The van der Waals surface area contributed by atoms with Gasteiger partial charge in [-0.15, -0.1) is 0 Å². The summed E-state index contributed by atoms with van der Waals surface area (Å²) < 4.78 is 10.9. The van der Waals surface area contributed by atoms with Crippen LogP contribution in [-0.4, -0.2) is 29.6 Å². The van der Waals surface area contributed by atoms with Crippen molar-refractivity contribution in [2.45, 2.75) is 31.0 Å². The van der Waals surface area contributed by atoms with Crippen LogP contribution in [0.3, 0.4) is 0 Å². The smallest absolute Gasteiger partial charge is 0.306 e. The lowest BCUT2D eigenvalue weighted by molar-refractivity contribution is -0.158. The number of aliphatic hydroxyl groups is 1. The van der Waals surface area contributed by atoms with Crippen molar-refractivity contribution in [3.05, 3.63) is 47.2 Å². The Morgan fingerprint density at radius 2 is 2.09 bits per heavy atom. The van der Waals surface area contributed by atoms with Gasteiger partial charge in [-0.2, -0.15) is 0 Å². The Hall–Kier alpha value is -2.14. The van der Waals surface area contributed by atoms with Crippen LogP contribution in [0, 0.1) is 11.8 Å². The predicted octanol–water partition coefficient (Wildman–Crippen LogP) is 1.70. The molecule has 3 aliphatic rings. The maximum absolute atomic E-state index is 12.7. The highest BCUT2D eigenvalue weighted by Crippen LogP contribution is 2.52. The van der Waals surface area contributed by atoms with Gasteiger partial charge in [0, 0.05) is 24.8 Å². The van der Waals surface area contributed by atoms with Gasteiger partial charge in [-0.1, -0.05) is 24.3 Å². The molecule has 1 aromatic carbocycles. The molecule has 23 heavy (non-hydrogen) atoms. The number of hydrogen-bond donors (Lipinski definition) is 1. The molecule has 0 bridgehead atoms. The number of benzene rings is 1. The normalized spacial score (nSPS) is 35.4. The second-order valence-electron chi connectivity index (χ2n) is 6.49. The molecule has 2 aliphatic carbocycles. The molecule has 1 aliphatic heterocycles. The van der Waals surface area contributed by atoms with Crippen molar-refractivity contribution in [2.24, 2.45) is 11.8 Å². The molecule has 1 spiro atoms. The number of aliphatic hydroxyl groups excluding tert-OH is 1. The molecule has 1 saturated heterocycles. The highest BCUT2D eigenvalue weighted by molar-refractivity contribution is 5.98. The largest absolute Gasteiger partial charge is 0.493 e. The van der Waals surface area contributed by atoms with Crippen LogP contribution in [0.4, 0.5) is 0 Å². The lowest BCUT2D eigenvalue weighted by Gasteiger charge is -2.46. The summed E-state index contributed by atoms with van der Waals surface area (Å²) in [6, 6.07) is 7.58. The van der Waals surface area contributed by atoms with Crippen molar-refractivity contribution >= 4 is 11.8 Å². The lowest BCUT2D eigenvalue weighted by Crippen LogP contribution is -2.52. The number of carbonyl (C=O) groups excluding carboxylic acids is 2. The van der Waals surface area contributed by atoms with E-state index in [1.54, 1.807) is 6.08 Å². The highest BCUT2D eigenvalue weighted by atomic mass is 16.6. The molecule has 1 heterocycles. The summed E-state index contributed by atoms with van der Waals surface area (Å²) in [4.78, 5) is 24.5. The third-order valence-corrected chi connectivity index (χ3v) is 5.38. The molecular formula is C18H18O5. The molecule has 0 radical (unpaired) electrons. The van der Waals surface area contributed by atoms with Crippen molar-refractivity contribution in [3.8, 4) is 0 Å². The number of methoxy groups -OCH3 is 1. The third kappa shape index (κ3) is 1.96. The van der Waals surface area contributed by atoms with E-state index in [2.05, 4.69) is 0 Å². The number of allylic oxidation sites excluding steroid dienone is 1. The molecule has 1 N–H and O–H groups in total. The molecule has 0 aromatic heterocycles. The predicted molar refractivity (Wildman–Crippen MR) is 80.2 cm³/mol. The van der Waals surface area contributed by atoms with Gasteiger partial charge < -0.3 is 14.6 Å². The first-order valence-corrected chi connectivity index (χ1v) is 7.84. The van der Waals surface area contributed by atoms with Gasteiger partial charge in [-0.25, -0.2) is 0 Å². The fourth-order valence-electron chi connectivity index (χ4n) is 4.29. The number of ether oxygens (including phenoxy) is 2. The Morgan fingerprint density at radius 3 is 2.78 bits per heavy atom. The van der Waals surface area contributed by atoms with Gasteiger partial charge in [0.15, 0.2) is 5.76 Å². The first kappa shape index (κ1) is 14.5. The van der Waals surface area contributed by atoms with Crippen LogP contribution >= 0.6 is 0 Å². The molecule has 1 aromatic rings. The number of fused-ring (bicyclic) bond motifs is 3. The van der Waals surface area contributed by atoms with E-state index in [0.29, 0.717) is 19.3 Å². The van der Waals surface area contributed by atoms with Crippen molar-refractivity contribution in [2.75, 3.05) is 7.11 Å². The van der Waals surface area contributed by atoms with Gasteiger partial charge in [0.25, 0.3) is 0 Å². The van der Waals surface area contributed by atoms with E-state index in [-0.39, 0.29) is 23.4 Å². The standard InChI is InChI=1S/C18H18O5/c1-22-13-9-18(7-6-14(19)23-18)12-8-10-4-2-3-5-11(10)16(20)15(12)17(13)21/h2-5,9,12,15-16,20H,6-8H2,1H3/t12-,15-,16+,18-/m1/s1. The molecular weight excluding hydrogens is 296 g/mol. The fraction of sp³-hybridized carbons (Fsp3) is 0.444. The number of esters is 1. The second kappa shape index (κ2) is 4.93. The van der Waals surface area contributed by atoms with Gasteiger partial charge in [-0.05, 0) is 17.5 Å². The molecule has 1 fully saturated rings. The van der Waals surface area contributed by atoms with E-state index in [0.717, 1.165) is 11.1 Å². The van der Waals surface area contributed by atoms with Crippen LogP contribution in [0.15, 0.2) is 36.1 Å². The van der Waals surface area contributed by atoms with E-state index in [4.69, 9.17) is 9.47 Å². The van der Waals surface area contributed by atoms with Crippen LogP contribution in [0.1, 0.15) is 30.1 Å². The van der Waals surface area contributed by atoms with Crippen LogP contribution < -0.4 is 0 Å². The van der Waals surface area contributed by atoms with Gasteiger partial charge in [-0.3, -0.25) is 9.59 Å². The summed E-state index contributed by atoms with van der Waals surface area (Å²) in [6.45, 7) is 0. The Kier molecular flexibility index (Phi) is 3.10. The maximum atomic E-state index is 12.7. The zero-order valence-corrected chi connectivity index (χ0v) is 12.8. The molecule has 4 atom stereocenters. The van der Waals surface area contributed by atoms with Crippen molar-refractivity contribution in [1.82, 2.24) is 0 Å². The van der Waals surface area contributed by atoms with E-state index < -0.39 is 17.6 Å². The summed E-state index contributed by atoms with van der Waals surface area (Å²) >= 11 is 0. The minimum absolute atomic E-state index is 0.180. The summed E-state index contributed by atoms with van der Waals surface area (Å²) in [7, 11) is 1.43. The number of hydrogen-bond acceptors (Lipinski definition) is 5. The molecule has 5 heteroatoms. The second-order valence-corrected chi connectivity index (χ2v) is 6.49. The Balaban J connectivity index is 1.86. The van der Waals surface area contributed by atoms with Crippen LogP contribution in [-0.2, 0) is 25.5 Å². The SMILES string of the molecule is COC1=C[C@]2(CCC(=O)O2)[C@@H]2Cc3ccccc3[C@H](O)[C@@H]2C1=O. The Morgan fingerprint density at radius 1 is 1.30 bits per heavy atom. The van der Waals surface area contributed by atoms with Crippen LogP contribution in [0.25, 0.3) is 0 Å². The van der Waals surface area contributed by atoms with E-state index >= 15 is 0 Å². The van der Waals surface area contributed by atoms with Crippen molar-refractivity contribution in [3.63, 3.8) is 0 Å². The van der Waals surface area contributed by atoms with Gasteiger partial charge >= 0.3 is 5.97 Å². The number of Topliss-reactive ketones (excluding diaryl/α,β-unsaturated/α-hetero) is 1. The highest BCUT2D eigenvalue weighted by Gasteiger charge is 2.58. The third-order valence-electron chi connectivity index (χ3n) is 5.38. The number of rotatable bonds is 1. The van der Waals surface area contributed by atoms with E-state index in [9.17, 15) is 14.7 Å². The minimum Gasteiger partial charge on any atom is -0.493 e. The molecule has 5 nitrogen and oxygen atoms in total. The number of ketones is 1. The number of carbonyl (C=O) groups is 2. The Labute approximate surface area is 133 Å². The summed E-state index contributed by atoms with van der Waals surface area (Å²) in [5, 5.41) is 10.8. The molecule has 0 amide bonds. The molecule has 4 rings (SSSR count). The van der Waals surface area contributed by atoms with E-state index in [1.165, 1.54) is 7.11 Å². The van der Waals surface area contributed by atoms with E-state index in [1.807, 2.05) is 24.3 Å². The average molecular weight is 314 g/mol. The van der Waals surface area contributed by atoms with Crippen LogP contribution in [0.2, 0.25) is 0 Å². The summed E-state index contributed by atoms with van der Waals surface area (Å²) in [5.74, 6) is -1.20. The summed E-state index contributed by atoms with van der Waals surface area (Å²) in [5.41, 5.74) is 0.930. The molecule has 120 valence electrons. The average Bonchev–Trinajstić information content (AvgIpc) is 2.93. The minimum atomic E-state index is -0.910. The van der Waals surface area contributed by atoms with Crippen molar-refractivity contribution in [1.29, 1.82) is 0 Å². The maximum Gasteiger partial charge on any atom is 0.306 e. The quantitative estimate of drug-likeness (QED) is 0.799. The van der Waals surface area contributed by atoms with Crippen molar-refractivity contribution < 1.29 is 24.2 Å². The Bertz CT molecular complexity index is 722. The zero-order chi connectivity index (χ0) is 16.2. The molecule has 0 unspecified atom stereocenters. The monoisotopic (exact) mass is 314 g/mol. The van der Waals surface area contributed by atoms with Crippen LogP contribution in [0.5, 0.6) is 0 Å².